The fraction of sp³-hybridized carbons (Fsp3) is 1.00. The van der Waals surface area contributed by atoms with Crippen LogP contribution < -0.4 is 5.90 Å². The summed E-state index contributed by atoms with van der Waals surface area (Å²) in [6.07, 6.45) is 0.957. The van der Waals surface area contributed by atoms with E-state index < -0.39 is 0 Å². The highest BCUT2D eigenvalue weighted by Crippen LogP contribution is 2.12. The van der Waals surface area contributed by atoms with Gasteiger partial charge in [0.1, 0.15) is 0 Å². The molecule has 2 N–H and O–H groups in total. The first-order valence-corrected chi connectivity index (χ1v) is 4.47. The third-order valence-electron chi connectivity index (χ3n) is 2.27. The molecule has 0 aliphatic heterocycles. The van der Waals surface area contributed by atoms with Crippen molar-refractivity contribution in [3.8, 4) is 0 Å². The minimum atomic E-state index is -0.205. The number of nitrogens with zero attached hydrogens (tertiary/aromatic N) is 1. The predicted molar refractivity (Wildman–Crippen MR) is 51.7 cm³/mol. The largest absolute Gasteiger partial charge is 0.304 e. The highest BCUT2D eigenvalue weighted by atomic mass is 16.6. The molecule has 0 aromatic rings. The second-order valence-corrected chi connectivity index (χ2v) is 4.20. The number of hydrogen-bond donors (Lipinski definition) is 1. The van der Waals surface area contributed by atoms with Crippen LogP contribution in [0.3, 0.4) is 0 Å². The van der Waals surface area contributed by atoms with Gasteiger partial charge in [-0.05, 0) is 41.2 Å². The predicted octanol–water partition coefficient (Wildman–Crippen LogP) is 1.39. The van der Waals surface area contributed by atoms with Crippen molar-refractivity contribution in [3.63, 3.8) is 0 Å². The van der Waals surface area contributed by atoms with Crippen molar-refractivity contribution in [3.05, 3.63) is 0 Å². The van der Waals surface area contributed by atoms with Gasteiger partial charge in [0, 0.05) is 12.6 Å². The first-order chi connectivity index (χ1) is 5.39. The molecule has 0 aliphatic carbocycles. The molecule has 0 radical (unpaired) electrons. The van der Waals surface area contributed by atoms with Crippen LogP contribution >= 0.6 is 0 Å². The Bertz CT molecular complexity index is 124. The summed E-state index contributed by atoms with van der Waals surface area (Å²) < 4.78 is 0. The van der Waals surface area contributed by atoms with Crippen LogP contribution in [0.4, 0.5) is 0 Å². The highest BCUT2D eigenvalue weighted by Gasteiger charge is 2.18. The standard InChI is InChI=1S/C9H22N2O/c1-8(2)11(5)7-6-9(3,4)12-10/h8H,6-7,10H2,1-5H3. The van der Waals surface area contributed by atoms with E-state index in [0.717, 1.165) is 13.0 Å². The molecule has 0 aromatic carbocycles. The van der Waals surface area contributed by atoms with Gasteiger partial charge in [-0.25, -0.2) is 5.90 Å². The van der Waals surface area contributed by atoms with Crippen LogP contribution in [0.5, 0.6) is 0 Å². The van der Waals surface area contributed by atoms with Gasteiger partial charge in [0.2, 0.25) is 0 Å². The Hall–Kier alpha value is -0.120. The summed E-state index contributed by atoms with van der Waals surface area (Å²) in [7, 11) is 2.11. The quantitative estimate of drug-likeness (QED) is 0.640. The summed E-state index contributed by atoms with van der Waals surface area (Å²) in [5.41, 5.74) is -0.205. The lowest BCUT2D eigenvalue weighted by molar-refractivity contribution is -0.0310. The number of nitrogens with two attached hydrogens (primary N) is 1. The normalized spacial score (nSPS) is 13.0. The fourth-order valence-electron chi connectivity index (χ4n) is 0.763. The molecule has 0 unspecified atom stereocenters. The van der Waals surface area contributed by atoms with Gasteiger partial charge in [0.25, 0.3) is 0 Å². The van der Waals surface area contributed by atoms with Gasteiger partial charge < -0.3 is 4.90 Å². The Morgan fingerprint density at radius 2 is 1.92 bits per heavy atom. The zero-order valence-corrected chi connectivity index (χ0v) is 8.92. The summed E-state index contributed by atoms with van der Waals surface area (Å²) in [6.45, 7) is 9.37. The molecule has 0 bridgehead atoms. The van der Waals surface area contributed by atoms with Gasteiger partial charge >= 0.3 is 0 Å². The molecule has 0 amide bonds. The highest BCUT2D eigenvalue weighted by molar-refractivity contribution is 4.70. The molecule has 3 nitrogen and oxygen atoms in total. The Balaban J connectivity index is 3.67. The third-order valence-corrected chi connectivity index (χ3v) is 2.27. The van der Waals surface area contributed by atoms with Gasteiger partial charge in [-0.3, -0.25) is 4.84 Å². The minimum absolute atomic E-state index is 0.205. The zero-order valence-electron chi connectivity index (χ0n) is 8.92. The van der Waals surface area contributed by atoms with Crippen molar-refractivity contribution in [1.29, 1.82) is 0 Å². The van der Waals surface area contributed by atoms with Gasteiger partial charge in [-0.15, -0.1) is 0 Å². The SMILES string of the molecule is CC(C)N(C)CCC(C)(C)ON. The van der Waals surface area contributed by atoms with E-state index in [1.165, 1.54) is 0 Å². The fourth-order valence-corrected chi connectivity index (χ4v) is 0.763. The lowest BCUT2D eigenvalue weighted by Crippen LogP contribution is -2.35. The van der Waals surface area contributed by atoms with Crippen molar-refractivity contribution >= 4 is 0 Å². The maximum Gasteiger partial charge on any atom is 0.0850 e. The van der Waals surface area contributed by atoms with Gasteiger partial charge in [0.05, 0.1) is 5.60 Å². The minimum Gasteiger partial charge on any atom is -0.304 e. The number of hydrogen-bond acceptors (Lipinski definition) is 3. The molecule has 0 fully saturated rings. The molecule has 0 heterocycles. The maximum atomic E-state index is 5.15. The Labute approximate surface area is 75.8 Å². The molecule has 74 valence electrons. The average molecular weight is 174 g/mol. The van der Waals surface area contributed by atoms with Gasteiger partial charge in [-0.1, -0.05) is 0 Å². The van der Waals surface area contributed by atoms with E-state index in [-0.39, 0.29) is 5.60 Å². The maximum absolute atomic E-state index is 5.15. The zero-order chi connectivity index (χ0) is 9.78. The first-order valence-electron chi connectivity index (χ1n) is 4.47. The van der Waals surface area contributed by atoms with E-state index in [2.05, 4.69) is 25.8 Å². The third kappa shape index (κ3) is 4.70. The van der Waals surface area contributed by atoms with Crippen molar-refractivity contribution in [2.24, 2.45) is 5.90 Å². The second-order valence-electron chi connectivity index (χ2n) is 4.20. The van der Waals surface area contributed by atoms with Crippen LogP contribution in [-0.4, -0.2) is 30.1 Å². The van der Waals surface area contributed by atoms with Crippen molar-refractivity contribution in [2.75, 3.05) is 13.6 Å². The molecule has 0 saturated carbocycles. The van der Waals surface area contributed by atoms with Crippen molar-refractivity contribution < 1.29 is 4.84 Å². The first kappa shape index (κ1) is 11.9. The molecule has 12 heavy (non-hydrogen) atoms. The van der Waals surface area contributed by atoms with E-state index in [1.54, 1.807) is 0 Å². The lowest BCUT2D eigenvalue weighted by Gasteiger charge is -2.27. The summed E-state index contributed by atoms with van der Waals surface area (Å²) in [4.78, 5) is 7.12. The van der Waals surface area contributed by atoms with Crippen molar-refractivity contribution in [2.45, 2.75) is 45.8 Å². The summed E-state index contributed by atoms with van der Waals surface area (Å²) in [6, 6.07) is 0.582. The van der Waals surface area contributed by atoms with E-state index >= 15 is 0 Å². The van der Waals surface area contributed by atoms with Crippen LogP contribution in [0.1, 0.15) is 34.1 Å². The molecule has 0 saturated heterocycles. The summed E-state index contributed by atoms with van der Waals surface area (Å²) >= 11 is 0. The Morgan fingerprint density at radius 1 is 1.42 bits per heavy atom. The average Bonchev–Trinajstić information content (AvgIpc) is 2.00. The number of rotatable bonds is 5. The molecular formula is C9H22N2O. The van der Waals surface area contributed by atoms with Crippen LogP contribution in [0.2, 0.25) is 0 Å². The van der Waals surface area contributed by atoms with Crippen molar-refractivity contribution in [1.82, 2.24) is 4.90 Å². The van der Waals surface area contributed by atoms with Crippen LogP contribution in [0, 0.1) is 0 Å². The summed E-state index contributed by atoms with van der Waals surface area (Å²) in [5.74, 6) is 5.15. The van der Waals surface area contributed by atoms with Crippen LogP contribution in [0.25, 0.3) is 0 Å². The molecule has 0 aromatic heterocycles. The van der Waals surface area contributed by atoms with Crippen LogP contribution in [-0.2, 0) is 4.84 Å². The second kappa shape index (κ2) is 4.80. The van der Waals surface area contributed by atoms with Gasteiger partial charge in [0.15, 0.2) is 0 Å². The molecule has 0 atom stereocenters. The van der Waals surface area contributed by atoms with Gasteiger partial charge in [-0.2, -0.15) is 0 Å². The topological polar surface area (TPSA) is 38.5 Å². The van der Waals surface area contributed by atoms with E-state index in [0.29, 0.717) is 6.04 Å². The van der Waals surface area contributed by atoms with Crippen LogP contribution in [0.15, 0.2) is 0 Å². The van der Waals surface area contributed by atoms with E-state index in [4.69, 9.17) is 10.7 Å². The lowest BCUT2D eigenvalue weighted by atomic mass is 10.1. The monoisotopic (exact) mass is 174 g/mol. The molecular weight excluding hydrogens is 152 g/mol. The summed E-state index contributed by atoms with van der Waals surface area (Å²) in [5, 5.41) is 0. The molecule has 0 spiro atoms. The molecule has 0 rings (SSSR count). The molecule has 3 heteroatoms. The van der Waals surface area contributed by atoms with E-state index in [1.807, 2.05) is 13.8 Å². The molecule has 0 aliphatic rings. The smallest absolute Gasteiger partial charge is 0.0850 e. The van der Waals surface area contributed by atoms with E-state index in [9.17, 15) is 0 Å². The Morgan fingerprint density at radius 3 is 2.25 bits per heavy atom. The Kier molecular flexibility index (Phi) is 4.75.